The van der Waals surface area contributed by atoms with Crippen LogP contribution in [0.3, 0.4) is 0 Å². The second-order valence-electron chi connectivity index (χ2n) is 4.87. The summed E-state index contributed by atoms with van der Waals surface area (Å²) in [5.74, 6) is 0.212. The average molecular weight is 281 g/mol. The molecule has 3 heterocycles. The lowest BCUT2D eigenvalue weighted by Crippen LogP contribution is -2.43. The van der Waals surface area contributed by atoms with Crippen LogP contribution < -0.4 is 5.73 Å². The summed E-state index contributed by atoms with van der Waals surface area (Å²) in [6, 6.07) is 0. The first kappa shape index (κ1) is 13.2. The lowest BCUT2D eigenvalue weighted by atomic mass is 10.0. The van der Waals surface area contributed by atoms with Crippen LogP contribution in [0.15, 0.2) is 12.7 Å². The maximum Gasteiger partial charge on any atom is 0.173 e. The Morgan fingerprint density at radius 1 is 1.40 bits per heavy atom. The van der Waals surface area contributed by atoms with Crippen molar-refractivity contribution in [2.75, 3.05) is 12.3 Å². The van der Waals surface area contributed by atoms with Gasteiger partial charge in [0.2, 0.25) is 0 Å². The van der Waals surface area contributed by atoms with Crippen molar-refractivity contribution in [2.24, 2.45) is 0 Å². The van der Waals surface area contributed by atoms with E-state index in [1.807, 2.05) is 0 Å². The molecule has 4 atom stereocenters. The number of imidazole rings is 1. The van der Waals surface area contributed by atoms with Gasteiger partial charge < -0.3 is 25.8 Å². The lowest BCUT2D eigenvalue weighted by Gasteiger charge is -2.29. The number of anilines is 1. The molecule has 9 nitrogen and oxygen atoms in total. The summed E-state index contributed by atoms with van der Waals surface area (Å²) < 4.78 is 7.06. The van der Waals surface area contributed by atoms with Crippen LogP contribution in [-0.4, -0.2) is 59.8 Å². The van der Waals surface area contributed by atoms with Crippen molar-refractivity contribution in [1.82, 2.24) is 19.5 Å². The monoisotopic (exact) mass is 281 g/mol. The molecule has 0 amide bonds. The highest BCUT2D eigenvalue weighted by Gasteiger charge is 2.52. The zero-order valence-corrected chi connectivity index (χ0v) is 10.7. The SMILES string of the molecule is CC1(n2cnc3c(N)ncnc32)OC(CO)C(O)C1O. The molecule has 20 heavy (non-hydrogen) atoms. The van der Waals surface area contributed by atoms with Gasteiger partial charge in [-0.3, -0.25) is 4.57 Å². The summed E-state index contributed by atoms with van der Waals surface area (Å²) in [5.41, 5.74) is 5.16. The number of aliphatic hydroxyl groups excluding tert-OH is 3. The van der Waals surface area contributed by atoms with E-state index >= 15 is 0 Å². The standard InChI is InChI=1S/C11H15N5O4/c1-11(8(19)7(18)5(2-17)20-11)16-4-15-6-9(12)13-3-14-10(6)16/h3-5,7-8,17-19H,2H2,1H3,(H2,12,13,14). The molecule has 2 aromatic heterocycles. The third-order valence-corrected chi connectivity index (χ3v) is 3.66. The molecule has 0 spiro atoms. The molecule has 4 unspecified atom stereocenters. The molecular weight excluding hydrogens is 266 g/mol. The first-order valence-corrected chi connectivity index (χ1v) is 6.08. The van der Waals surface area contributed by atoms with E-state index in [9.17, 15) is 15.3 Å². The number of nitrogens with zero attached hydrogens (tertiary/aromatic N) is 4. The van der Waals surface area contributed by atoms with Crippen LogP contribution in [-0.2, 0) is 10.5 Å². The summed E-state index contributed by atoms with van der Waals surface area (Å²) in [4.78, 5) is 12.0. The second kappa shape index (κ2) is 4.35. The quantitative estimate of drug-likeness (QED) is 0.505. The number of rotatable bonds is 2. The Morgan fingerprint density at radius 3 is 2.80 bits per heavy atom. The Morgan fingerprint density at radius 2 is 2.15 bits per heavy atom. The predicted octanol–water partition coefficient (Wildman–Crippen LogP) is -1.81. The topological polar surface area (TPSA) is 140 Å². The van der Waals surface area contributed by atoms with Crippen molar-refractivity contribution >= 4 is 17.0 Å². The van der Waals surface area contributed by atoms with E-state index in [4.69, 9.17) is 10.5 Å². The molecule has 0 aromatic carbocycles. The minimum absolute atomic E-state index is 0.212. The van der Waals surface area contributed by atoms with Gasteiger partial charge in [0, 0.05) is 0 Å². The molecule has 1 aliphatic rings. The fourth-order valence-electron chi connectivity index (χ4n) is 2.49. The van der Waals surface area contributed by atoms with Gasteiger partial charge in [0.05, 0.1) is 12.9 Å². The maximum absolute atomic E-state index is 10.2. The van der Waals surface area contributed by atoms with E-state index in [1.54, 1.807) is 6.92 Å². The highest BCUT2D eigenvalue weighted by Crippen LogP contribution is 2.37. The largest absolute Gasteiger partial charge is 0.394 e. The van der Waals surface area contributed by atoms with E-state index in [2.05, 4.69) is 15.0 Å². The Balaban J connectivity index is 2.13. The molecule has 1 saturated heterocycles. The van der Waals surface area contributed by atoms with Crippen LogP contribution in [0.2, 0.25) is 0 Å². The van der Waals surface area contributed by atoms with Crippen LogP contribution in [0.5, 0.6) is 0 Å². The van der Waals surface area contributed by atoms with Gasteiger partial charge in [-0.1, -0.05) is 0 Å². The zero-order valence-electron chi connectivity index (χ0n) is 10.7. The molecule has 5 N–H and O–H groups in total. The first-order valence-electron chi connectivity index (χ1n) is 6.08. The van der Waals surface area contributed by atoms with E-state index in [0.717, 1.165) is 0 Å². The smallest absolute Gasteiger partial charge is 0.173 e. The summed E-state index contributed by atoms with van der Waals surface area (Å²) >= 11 is 0. The van der Waals surface area contributed by atoms with Crippen molar-refractivity contribution in [3.8, 4) is 0 Å². The number of hydrogen-bond donors (Lipinski definition) is 4. The Hall–Kier alpha value is -1.81. The van der Waals surface area contributed by atoms with Crippen molar-refractivity contribution in [3.05, 3.63) is 12.7 Å². The zero-order chi connectivity index (χ0) is 14.5. The molecule has 2 aromatic rings. The summed E-state index contributed by atoms with van der Waals surface area (Å²) in [6.45, 7) is 1.17. The second-order valence-corrected chi connectivity index (χ2v) is 4.87. The molecule has 1 aliphatic heterocycles. The number of aromatic nitrogens is 4. The third kappa shape index (κ3) is 1.61. The van der Waals surface area contributed by atoms with Crippen LogP contribution in [0, 0.1) is 0 Å². The number of nitrogens with two attached hydrogens (primary N) is 1. The van der Waals surface area contributed by atoms with Crippen LogP contribution in [0.4, 0.5) is 5.82 Å². The minimum Gasteiger partial charge on any atom is -0.394 e. The summed E-state index contributed by atoms with van der Waals surface area (Å²) in [5, 5.41) is 29.3. The fraction of sp³-hybridized carbons (Fsp3) is 0.545. The third-order valence-electron chi connectivity index (χ3n) is 3.66. The molecule has 0 radical (unpaired) electrons. The van der Waals surface area contributed by atoms with Crippen LogP contribution >= 0.6 is 0 Å². The molecule has 108 valence electrons. The Labute approximate surface area is 113 Å². The van der Waals surface area contributed by atoms with E-state index in [-0.39, 0.29) is 5.82 Å². The normalized spacial score (nSPS) is 33.9. The van der Waals surface area contributed by atoms with Gasteiger partial charge in [-0.2, -0.15) is 0 Å². The van der Waals surface area contributed by atoms with E-state index in [1.165, 1.54) is 17.2 Å². The highest BCUT2D eigenvalue weighted by atomic mass is 16.6. The van der Waals surface area contributed by atoms with Crippen LogP contribution in [0.1, 0.15) is 6.92 Å². The molecule has 0 bridgehead atoms. The maximum atomic E-state index is 10.2. The van der Waals surface area contributed by atoms with Crippen molar-refractivity contribution < 1.29 is 20.1 Å². The van der Waals surface area contributed by atoms with Crippen molar-refractivity contribution in [1.29, 1.82) is 0 Å². The Bertz CT molecular complexity index is 647. The minimum atomic E-state index is -1.30. The van der Waals surface area contributed by atoms with Crippen LogP contribution in [0.25, 0.3) is 11.2 Å². The van der Waals surface area contributed by atoms with Crippen molar-refractivity contribution in [3.63, 3.8) is 0 Å². The molecule has 0 saturated carbocycles. The number of nitrogen functional groups attached to an aromatic ring is 1. The fourth-order valence-corrected chi connectivity index (χ4v) is 2.49. The summed E-state index contributed by atoms with van der Waals surface area (Å²) in [6.07, 6.45) is -0.646. The van der Waals surface area contributed by atoms with Crippen molar-refractivity contribution in [2.45, 2.75) is 31.0 Å². The highest BCUT2D eigenvalue weighted by molar-refractivity contribution is 5.81. The number of aliphatic hydroxyl groups is 3. The number of ether oxygens (including phenoxy) is 1. The van der Waals surface area contributed by atoms with Gasteiger partial charge in [0.15, 0.2) is 17.2 Å². The molecule has 0 aliphatic carbocycles. The lowest BCUT2D eigenvalue weighted by molar-refractivity contribution is -0.132. The van der Waals surface area contributed by atoms with E-state index < -0.39 is 30.6 Å². The molecule has 1 fully saturated rings. The predicted molar refractivity (Wildman–Crippen MR) is 67.4 cm³/mol. The van der Waals surface area contributed by atoms with Gasteiger partial charge in [0.25, 0.3) is 0 Å². The summed E-state index contributed by atoms with van der Waals surface area (Å²) in [7, 11) is 0. The van der Waals surface area contributed by atoms with Gasteiger partial charge in [-0.05, 0) is 6.92 Å². The number of fused-ring (bicyclic) bond motifs is 1. The van der Waals surface area contributed by atoms with Gasteiger partial charge in [-0.15, -0.1) is 0 Å². The van der Waals surface area contributed by atoms with Gasteiger partial charge in [-0.25, -0.2) is 15.0 Å². The average Bonchev–Trinajstić information content (AvgIpc) is 2.96. The molecule has 3 rings (SSSR count). The Kier molecular flexibility index (Phi) is 2.87. The van der Waals surface area contributed by atoms with Gasteiger partial charge >= 0.3 is 0 Å². The first-order chi connectivity index (χ1) is 9.49. The molecule has 9 heteroatoms. The van der Waals surface area contributed by atoms with Gasteiger partial charge in [0.1, 0.15) is 30.2 Å². The number of hydrogen-bond acceptors (Lipinski definition) is 8. The molecular formula is C11H15N5O4. The van der Waals surface area contributed by atoms with E-state index in [0.29, 0.717) is 11.2 Å².